The first-order valence-corrected chi connectivity index (χ1v) is 3.69. The topological polar surface area (TPSA) is 17.1 Å². The minimum atomic E-state index is -0.191. The van der Waals surface area contributed by atoms with Gasteiger partial charge in [-0.2, -0.15) is 0 Å². The smallest absolute Gasteiger partial charge is 0.144 e. The summed E-state index contributed by atoms with van der Waals surface area (Å²) >= 11 is 8.68. The summed E-state index contributed by atoms with van der Waals surface area (Å²) in [4.78, 5) is 10.3. The molecule has 0 fully saturated rings. The van der Waals surface area contributed by atoms with Crippen LogP contribution in [0.5, 0.6) is 0 Å². The van der Waals surface area contributed by atoms with Gasteiger partial charge in [-0.25, -0.2) is 0 Å². The molecule has 0 bridgehead atoms. The van der Waals surface area contributed by atoms with Crippen molar-refractivity contribution < 1.29 is 4.79 Å². The van der Waals surface area contributed by atoms with Gasteiger partial charge in [-0.1, -0.05) is 15.9 Å². The Morgan fingerprint density at radius 3 is 2.12 bits per heavy atom. The number of alkyl halides is 2. The Bertz CT molecular complexity index is 92.4. The minimum Gasteiger partial charge on any atom is -0.299 e. The molecular weight excluding hydrogens is 191 g/mol. The summed E-state index contributed by atoms with van der Waals surface area (Å²) < 4.78 is 0. The molecule has 48 valence electrons. The molecule has 0 saturated heterocycles. The van der Waals surface area contributed by atoms with Gasteiger partial charge in [0.15, 0.2) is 0 Å². The number of carbonyl (C=O) groups is 1. The number of hydrogen-bond acceptors (Lipinski definition) is 1. The lowest BCUT2D eigenvalue weighted by molar-refractivity contribution is -0.116. The van der Waals surface area contributed by atoms with Gasteiger partial charge < -0.3 is 0 Å². The summed E-state index contributed by atoms with van der Waals surface area (Å²) in [6.45, 7) is 3.29. The molecule has 0 rings (SSSR count). The van der Waals surface area contributed by atoms with Gasteiger partial charge in [0.1, 0.15) is 5.78 Å². The van der Waals surface area contributed by atoms with E-state index in [-0.39, 0.29) is 16.0 Å². The molecule has 0 aliphatic carbocycles. The zero-order chi connectivity index (χ0) is 6.73. The van der Waals surface area contributed by atoms with Crippen LogP contribution in [0, 0.1) is 0 Å². The van der Waals surface area contributed by atoms with E-state index < -0.39 is 0 Å². The lowest BCUT2D eigenvalue weighted by Gasteiger charge is -2.05. The predicted molar refractivity (Wildman–Crippen MR) is 38.7 cm³/mol. The summed E-state index contributed by atoms with van der Waals surface area (Å²) in [5, 5.41) is -0.118. The first-order valence-electron chi connectivity index (χ1n) is 2.34. The van der Waals surface area contributed by atoms with Crippen molar-refractivity contribution >= 4 is 33.3 Å². The fourth-order valence-corrected chi connectivity index (χ4v) is 0.501. The molecule has 3 heteroatoms. The van der Waals surface area contributed by atoms with Crippen LogP contribution < -0.4 is 0 Å². The molecule has 8 heavy (non-hydrogen) atoms. The minimum absolute atomic E-state index is 0.0764. The standard InChI is InChI=1S/C5H8BrClO/c1-3(7)5(6)4(2)8/h3,5H,1-2H3/t3-,5+/m0/s1. The van der Waals surface area contributed by atoms with E-state index in [1.807, 2.05) is 0 Å². The van der Waals surface area contributed by atoms with Crippen molar-refractivity contribution in [2.24, 2.45) is 0 Å². The Morgan fingerprint density at radius 1 is 1.75 bits per heavy atom. The van der Waals surface area contributed by atoms with E-state index in [2.05, 4.69) is 15.9 Å². The molecule has 0 unspecified atom stereocenters. The lowest BCUT2D eigenvalue weighted by atomic mass is 10.2. The van der Waals surface area contributed by atoms with Crippen LogP contribution in [-0.2, 0) is 4.79 Å². The molecule has 0 aromatic heterocycles. The molecule has 0 radical (unpaired) electrons. The molecule has 2 atom stereocenters. The summed E-state index contributed by atoms with van der Waals surface area (Å²) in [5.41, 5.74) is 0. The Labute approximate surface area is 62.5 Å². The number of Topliss-reactive ketones (excluding diaryl/α,β-unsaturated/α-hetero) is 1. The highest BCUT2D eigenvalue weighted by atomic mass is 79.9. The van der Waals surface area contributed by atoms with Gasteiger partial charge in [0.2, 0.25) is 0 Å². The Hall–Kier alpha value is 0.440. The molecule has 0 heterocycles. The van der Waals surface area contributed by atoms with E-state index in [0.29, 0.717) is 0 Å². The Morgan fingerprint density at radius 2 is 2.12 bits per heavy atom. The quantitative estimate of drug-likeness (QED) is 0.622. The molecule has 0 N–H and O–H groups in total. The normalized spacial score (nSPS) is 17.5. The van der Waals surface area contributed by atoms with E-state index in [1.165, 1.54) is 6.92 Å². The average molecular weight is 199 g/mol. The third kappa shape index (κ3) is 2.68. The fourth-order valence-electron chi connectivity index (χ4n) is 0.323. The monoisotopic (exact) mass is 198 g/mol. The molecule has 0 aromatic carbocycles. The summed E-state index contributed by atoms with van der Waals surface area (Å²) in [6.07, 6.45) is 0. The van der Waals surface area contributed by atoms with E-state index in [1.54, 1.807) is 6.92 Å². The first-order chi connectivity index (χ1) is 3.55. The van der Waals surface area contributed by atoms with Crippen molar-refractivity contribution in [2.75, 3.05) is 0 Å². The fraction of sp³-hybridized carbons (Fsp3) is 0.800. The van der Waals surface area contributed by atoms with Crippen LogP contribution in [0.2, 0.25) is 0 Å². The molecule has 1 nitrogen and oxygen atoms in total. The number of halogens is 2. The molecule has 0 aromatic rings. The largest absolute Gasteiger partial charge is 0.299 e. The van der Waals surface area contributed by atoms with Crippen LogP contribution in [0.4, 0.5) is 0 Å². The van der Waals surface area contributed by atoms with Crippen molar-refractivity contribution in [2.45, 2.75) is 24.1 Å². The highest BCUT2D eigenvalue weighted by Gasteiger charge is 2.14. The highest BCUT2D eigenvalue weighted by Crippen LogP contribution is 2.11. The van der Waals surface area contributed by atoms with Gasteiger partial charge >= 0.3 is 0 Å². The van der Waals surface area contributed by atoms with Gasteiger partial charge in [0, 0.05) is 0 Å². The third-order valence-electron chi connectivity index (χ3n) is 0.792. The van der Waals surface area contributed by atoms with E-state index in [4.69, 9.17) is 11.6 Å². The average Bonchev–Trinajstić information content (AvgIpc) is 1.64. The Kier molecular flexibility index (Phi) is 3.65. The second kappa shape index (κ2) is 3.46. The number of ketones is 1. The summed E-state index contributed by atoms with van der Waals surface area (Å²) in [7, 11) is 0. The van der Waals surface area contributed by atoms with Gasteiger partial charge in [-0.3, -0.25) is 4.79 Å². The number of carbonyl (C=O) groups excluding carboxylic acids is 1. The zero-order valence-electron chi connectivity index (χ0n) is 4.82. The van der Waals surface area contributed by atoms with Gasteiger partial charge in [0.05, 0.1) is 10.2 Å². The van der Waals surface area contributed by atoms with Crippen LogP contribution in [0.1, 0.15) is 13.8 Å². The zero-order valence-corrected chi connectivity index (χ0v) is 7.16. The first kappa shape index (κ1) is 8.44. The second-order valence-corrected chi connectivity index (χ2v) is 3.36. The maximum atomic E-state index is 10.5. The molecule has 0 saturated carbocycles. The third-order valence-corrected chi connectivity index (χ3v) is 2.79. The highest BCUT2D eigenvalue weighted by molar-refractivity contribution is 9.10. The van der Waals surface area contributed by atoms with E-state index in [9.17, 15) is 4.79 Å². The van der Waals surface area contributed by atoms with E-state index >= 15 is 0 Å². The maximum absolute atomic E-state index is 10.5. The molecule has 0 aliphatic rings. The van der Waals surface area contributed by atoms with Crippen LogP contribution in [0.3, 0.4) is 0 Å². The van der Waals surface area contributed by atoms with Crippen molar-refractivity contribution in [3.8, 4) is 0 Å². The van der Waals surface area contributed by atoms with Crippen LogP contribution in [0.15, 0.2) is 0 Å². The predicted octanol–water partition coefficient (Wildman–Crippen LogP) is 1.97. The van der Waals surface area contributed by atoms with Crippen molar-refractivity contribution in [3.63, 3.8) is 0 Å². The van der Waals surface area contributed by atoms with Gasteiger partial charge in [-0.15, -0.1) is 11.6 Å². The van der Waals surface area contributed by atoms with Crippen molar-refractivity contribution in [3.05, 3.63) is 0 Å². The molecule has 0 spiro atoms. The molecule has 0 aliphatic heterocycles. The molecular formula is C5H8BrClO. The van der Waals surface area contributed by atoms with Crippen molar-refractivity contribution in [1.29, 1.82) is 0 Å². The van der Waals surface area contributed by atoms with Crippen LogP contribution in [0.25, 0.3) is 0 Å². The maximum Gasteiger partial charge on any atom is 0.144 e. The van der Waals surface area contributed by atoms with Crippen LogP contribution in [-0.4, -0.2) is 16.0 Å². The molecule has 0 amide bonds. The van der Waals surface area contributed by atoms with Crippen molar-refractivity contribution in [1.82, 2.24) is 0 Å². The van der Waals surface area contributed by atoms with E-state index in [0.717, 1.165) is 0 Å². The number of hydrogen-bond donors (Lipinski definition) is 0. The Balaban J connectivity index is 3.64. The van der Waals surface area contributed by atoms with Gasteiger partial charge in [0.25, 0.3) is 0 Å². The summed E-state index contributed by atoms with van der Waals surface area (Å²) in [5.74, 6) is 0.0764. The van der Waals surface area contributed by atoms with Gasteiger partial charge in [-0.05, 0) is 13.8 Å². The number of rotatable bonds is 2. The lowest BCUT2D eigenvalue weighted by Crippen LogP contribution is -2.18. The van der Waals surface area contributed by atoms with Crippen LogP contribution >= 0.6 is 27.5 Å². The second-order valence-electron chi connectivity index (χ2n) is 1.69. The SMILES string of the molecule is CC(=O)[C@H](Br)[C@H](C)Cl. The summed E-state index contributed by atoms with van der Waals surface area (Å²) in [6, 6.07) is 0.